The topological polar surface area (TPSA) is 63.3 Å². The second-order valence-electron chi connectivity index (χ2n) is 3.74. The van der Waals surface area contributed by atoms with Crippen LogP contribution in [0, 0.1) is 11.6 Å². The van der Waals surface area contributed by atoms with E-state index in [0.29, 0.717) is 5.69 Å². The molecule has 0 heterocycles. The quantitative estimate of drug-likeness (QED) is 0.804. The maximum absolute atomic E-state index is 13.1. The van der Waals surface area contributed by atoms with Crippen molar-refractivity contribution in [1.82, 2.24) is 0 Å². The first-order valence-corrected chi connectivity index (χ1v) is 5.07. The summed E-state index contributed by atoms with van der Waals surface area (Å²) in [7, 11) is 0. The third-order valence-corrected chi connectivity index (χ3v) is 2.50. The van der Waals surface area contributed by atoms with Crippen LogP contribution in [0.25, 0.3) is 11.1 Å². The number of anilines is 1. The predicted molar refractivity (Wildman–Crippen MR) is 63.2 cm³/mol. The molecular formula is C13H9F2NO2. The molecule has 0 fully saturated rings. The summed E-state index contributed by atoms with van der Waals surface area (Å²) in [5, 5.41) is 9.05. The van der Waals surface area contributed by atoms with Gasteiger partial charge in [-0.05, 0) is 35.4 Å². The second kappa shape index (κ2) is 4.44. The highest BCUT2D eigenvalue weighted by Gasteiger charge is 2.13. The van der Waals surface area contributed by atoms with Gasteiger partial charge in [-0.15, -0.1) is 0 Å². The monoisotopic (exact) mass is 249 g/mol. The molecule has 0 aliphatic heterocycles. The molecule has 3 N–H and O–H groups in total. The van der Waals surface area contributed by atoms with E-state index in [1.807, 2.05) is 0 Å². The Kier molecular flexibility index (Phi) is 2.97. The van der Waals surface area contributed by atoms with Gasteiger partial charge in [0.15, 0.2) is 11.6 Å². The Hall–Kier alpha value is -2.43. The van der Waals surface area contributed by atoms with Gasteiger partial charge in [0.05, 0.1) is 5.56 Å². The van der Waals surface area contributed by atoms with Gasteiger partial charge in [-0.3, -0.25) is 0 Å². The normalized spacial score (nSPS) is 10.3. The molecule has 0 amide bonds. The SMILES string of the molecule is Nc1ccc(-c2ccc(F)c(F)c2)c(C(=O)O)c1. The number of benzene rings is 2. The minimum atomic E-state index is -1.18. The van der Waals surface area contributed by atoms with E-state index in [9.17, 15) is 13.6 Å². The van der Waals surface area contributed by atoms with Gasteiger partial charge in [-0.25, -0.2) is 13.6 Å². The summed E-state index contributed by atoms with van der Waals surface area (Å²) < 4.78 is 26.0. The van der Waals surface area contributed by atoms with E-state index in [4.69, 9.17) is 10.8 Å². The molecule has 92 valence electrons. The Morgan fingerprint density at radius 3 is 2.39 bits per heavy atom. The molecule has 0 aliphatic carbocycles. The first-order valence-electron chi connectivity index (χ1n) is 5.07. The zero-order chi connectivity index (χ0) is 13.3. The lowest BCUT2D eigenvalue weighted by atomic mass is 9.99. The highest BCUT2D eigenvalue weighted by atomic mass is 19.2. The summed E-state index contributed by atoms with van der Waals surface area (Å²) in [4.78, 5) is 11.1. The minimum Gasteiger partial charge on any atom is -0.478 e. The summed E-state index contributed by atoms with van der Waals surface area (Å²) in [6, 6.07) is 7.46. The van der Waals surface area contributed by atoms with Gasteiger partial charge in [0.1, 0.15) is 0 Å². The van der Waals surface area contributed by atoms with E-state index in [0.717, 1.165) is 12.1 Å². The average molecular weight is 249 g/mol. The van der Waals surface area contributed by atoms with E-state index >= 15 is 0 Å². The predicted octanol–water partition coefficient (Wildman–Crippen LogP) is 2.91. The zero-order valence-electron chi connectivity index (χ0n) is 9.15. The van der Waals surface area contributed by atoms with Crippen LogP contribution >= 0.6 is 0 Å². The summed E-state index contributed by atoms with van der Waals surface area (Å²) in [5.41, 5.74) is 6.31. The number of halogens is 2. The van der Waals surface area contributed by atoms with E-state index in [-0.39, 0.29) is 16.7 Å². The Morgan fingerprint density at radius 2 is 1.78 bits per heavy atom. The molecule has 0 spiro atoms. The van der Waals surface area contributed by atoms with Crippen LogP contribution in [-0.4, -0.2) is 11.1 Å². The number of hydrogen-bond donors (Lipinski definition) is 2. The molecule has 2 aromatic rings. The fourth-order valence-corrected chi connectivity index (χ4v) is 1.65. The number of aromatic carboxylic acids is 1. The lowest BCUT2D eigenvalue weighted by Crippen LogP contribution is -2.01. The van der Waals surface area contributed by atoms with E-state index in [2.05, 4.69) is 0 Å². The summed E-state index contributed by atoms with van der Waals surface area (Å²) in [5.74, 6) is -3.19. The average Bonchev–Trinajstić information content (AvgIpc) is 2.32. The Balaban J connectivity index is 2.63. The van der Waals surface area contributed by atoms with Gasteiger partial charge in [0, 0.05) is 5.69 Å². The second-order valence-corrected chi connectivity index (χ2v) is 3.74. The lowest BCUT2D eigenvalue weighted by molar-refractivity contribution is 0.0698. The molecule has 0 bridgehead atoms. The van der Waals surface area contributed by atoms with Crippen molar-refractivity contribution in [3.8, 4) is 11.1 Å². The lowest BCUT2D eigenvalue weighted by Gasteiger charge is -2.07. The molecule has 5 heteroatoms. The molecule has 0 aliphatic rings. The van der Waals surface area contributed by atoms with Crippen LogP contribution in [0.5, 0.6) is 0 Å². The van der Waals surface area contributed by atoms with Crippen molar-refractivity contribution in [2.45, 2.75) is 0 Å². The standard InChI is InChI=1S/C13H9F2NO2/c14-11-4-1-7(5-12(11)15)9-3-2-8(16)6-10(9)13(17)18/h1-6H,16H2,(H,17,18). The number of carboxylic acids is 1. The number of carbonyl (C=O) groups is 1. The van der Waals surface area contributed by atoms with Gasteiger partial charge in [-0.1, -0.05) is 12.1 Å². The summed E-state index contributed by atoms with van der Waals surface area (Å²) >= 11 is 0. The van der Waals surface area contributed by atoms with Crippen LogP contribution in [-0.2, 0) is 0 Å². The maximum atomic E-state index is 13.1. The Morgan fingerprint density at radius 1 is 1.06 bits per heavy atom. The molecule has 2 aromatic carbocycles. The van der Waals surface area contributed by atoms with Gasteiger partial charge < -0.3 is 10.8 Å². The van der Waals surface area contributed by atoms with E-state index < -0.39 is 17.6 Å². The van der Waals surface area contributed by atoms with Crippen molar-refractivity contribution < 1.29 is 18.7 Å². The van der Waals surface area contributed by atoms with Crippen LogP contribution in [0.1, 0.15) is 10.4 Å². The van der Waals surface area contributed by atoms with Crippen molar-refractivity contribution in [2.75, 3.05) is 5.73 Å². The third-order valence-electron chi connectivity index (χ3n) is 2.50. The molecule has 0 radical (unpaired) electrons. The van der Waals surface area contributed by atoms with Crippen molar-refractivity contribution in [1.29, 1.82) is 0 Å². The Labute approximate surface area is 101 Å². The fraction of sp³-hybridized carbons (Fsp3) is 0. The number of rotatable bonds is 2. The van der Waals surface area contributed by atoms with Crippen molar-refractivity contribution >= 4 is 11.7 Å². The largest absolute Gasteiger partial charge is 0.478 e. The van der Waals surface area contributed by atoms with Gasteiger partial charge in [0.25, 0.3) is 0 Å². The van der Waals surface area contributed by atoms with Crippen LogP contribution in [0.2, 0.25) is 0 Å². The molecule has 0 atom stereocenters. The van der Waals surface area contributed by atoms with Crippen LogP contribution in [0.3, 0.4) is 0 Å². The van der Waals surface area contributed by atoms with Crippen molar-refractivity contribution in [3.63, 3.8) is 0 Å². The van der Waals surface area contributed by atoms with Crippen LogP contribution < -0.4 is 5.73 Å². The smallest absolute Gasteiger partial charge is 0.336 e. The fourth-order valence-electron chi connectivity index (χ4n) is 1.65. The van der Waals surface area contributed by atoms with Crippen molar-refractivity contribution in [3.05, 3.63) is 53.6 Å². The summed E-state index contributed by atoms with van der Waals surface area (Å²) in [6.45, 7) is 0. The van der Waals surface area contributed by atoms with E-state index in [1.54, 1.807) is 0 Å². The summed E-state index contributed by atoms with van der Waals surface area (Å²) in [6.07, 6.45) is 0. The zero-order valence-corrected chi connectivity index (χ0v) is 9.15. The number of nitrogen functional groups attached to an aromatic ring is 1. The van der Waals surface area contributed by atoms with Gasteiger partial charge in [-0.2, -0.15) is 0 Å². The molecular weight excluding hydrogens is 240 g/mol. The Bertz CT molecular complexity index is 626. The molecule has 0 saturated heterocycles. The molecule has 18 heavy (non-hydrogen) atoms. The molecule has 0 saturated carbocycles. The molecule has 0 aromatic heterocycles. The molecule has 3 nitrogen and oxygen atoms in total. The maximum Gasteiger partial charge on any atom is 0.336 e. The highest BCUT2D eigenvalue weighted by Crippen LogP contribution is 2.27. The van der Waals surface area contributed by atoms with Gasteiger partial charge in [0.2, 0.25) is 0 Å². The molecule has 2 rings (SSSR count). The van der Waals surface area contributed by atoms with Gasteiger partial charge >= 0.3 is 5.97 Å². The van der Waals surface area contributed by atoms with Crippen molar-refractivity contribution in [2.24, 2.45) is 0 Å². The van der Waals surface area contributed by atoms with Crippen LogP contribution in [0.4, 0.5) is 14.5 Å². The number of nitrogens with two attached hydrogens (primary N) is 1. The minimum absolute atomic E-state index is 0.0546. The van der Waals surface area contributed by atoms with E-state index in [1.165, 1.54) is 24.3 Å². The first kappa shape index (κ1) is 12.0. The third kappa shape index (κ3) is 2.15. The number of carboxylic acid groups (broad SMARTS) is 1. The first-order chi connectivity index (χ1) is 8.49. The highest BCUT2D eigenvalue weighted by molar-refractivity contribution is 5.97. The molecule has 0 unspecified atom stereocenters. The number of hydrogen-bond acceptors (Lipinski definition) is 2. The van der Waals surface area contributed by atoms with Crippen LogP contribution in [0.15, 0.2) is 36.4 Å².